The minimum absolute atomic E-state index is 0.261. The third kappa shape index (κ3) is 4.43. The molecule has 0 atom stereocenters. The molecule has 2 rings (SSSR count). The lowest BCUT2D eigenvalue weighted by Crippen LogP contribution is -2.24. The van der Waals surface area contributed by atoms with Crippen LogP contribution in [0.5, 0.6) is 0 Å². The molecule has 0 spiro atoms. The molecule has 108 valence electrons. The topological polar surface area (TPSA) is 83.1 Å². The minimum Gasteiger partial charge on any atom is -0.347 e. The lowest BCUT2D eigenvalue weighted by molar-refractivity contribution is 0.0954. The number of anilines is 2. The Labute approximate surface area is 125 Å². The summed E-state index contributed by atoms with van der Waals surface area (Å²) in [4.78, 5) is 27.5. The standard InChI is InChI=1S/C14H14N4O2S/c1-2-8-15-12(19)11-9-21-14(17-11)18-13(20)16-10-6-4-3-5-7-10/h2-7,9H,1,8H2,(H,15,19)(H2,16,17,18,20). The molecule has 7 heteroatoms. The summed E-state index contributed by atoms with van der Waals surface area (Å²) in [5.74, 6) is -0.303. The molecule has 0 radical (unpaired) electrons. The summed E-state index contributed by atoms with van der Waals surface area (Å²) < 4.78 is 0. The van der Waals surface area contributed by atoms with E-state index in [2.05, 4.69) is 27.5 Å². The van der Waals surface area contributed by atoms with Gasteiger partial charge in [0.25, 0.3) is 5.91 Å². The predicted molar refractivity (Wildman–Crippen MR) is 83.7 cm³/mol. The zero-order valence-corrected chi connectivity index (χ0v) is 11.9. The van der Waals surface area contributed by atoms with E-state index in [1.165, 1.54) is 11.3 Å². The van der Waals surface area contributed by atoms with Crippen molar-refractivity contribution in [3.05, 3.63) is 54.1 Å². The van der Waals surface area contributed by atoms with Crippen molar-refractivity contribution in [1.29, 1.82) is 0 Å². The van der Waals surface area contributed by atoms with E-state index in [1.54, 1.807) is 23.6 Å². The van der Waals surface area contributed by atoms with Crippen molar-refractivity contribution < 1.29 is 9.59 Å². The molecule has 0 aliphatic rings. The molecule has 0 aliphatic heterocycles. The molecule has 0 saturated carbocycles. The summed E-state index contributed by atoms with van der Waals surface area (Å²) in [7, 11) is 0. The van der Waals surface area contributed by atoms with E-state index in [0.29, 0.717) is 17.4 Å². The van der Waals surface area contributed by atoms with Crippen molar-refractivity contribution >= 4 is 34.1 Å². The number of rotatable bonds is 5. The maximum Gasteiger partial charge on any atom is 0.325 e. The lowest BCUT2D eigenvalue weighted by Gasteiger charge is -2.04. The number of urea groups is 1. The summed E-state index contributed by atoms with van der Waals surface area (Å²) in [6.45, 7) is 3.88. The number of carbonyl (C=O) groups is 2. The maximum absolute atomic E-state index is 11.8. The van der Waals surface area contributed by atoms with E-state index in [0.717, 1.165) is 0 Å². The summed E-state index contributed by atoms with van der Waals surface area (Å²) in [6.07, 6.45) is 1.58. The summed E-state index contributed by atoms with van der Waals surface area (Å²) in [5.41, 5.74) is 0.937. The third-order valence-electron chi connectivity index (χ3n) is 2.40. The SMILES string of the molecule is C=CCNC(=O)c1csc(NC(=O)Nc2ccccc2)n1. The number of nitrogens with one attached hydrogen (secondary N) is 3. The Hall–Kier alpha value is -2.67. The highest BCUT2D eigenvalue weighted by molar-refractivity contribution is 7.14. The minimum atomic E-state index is -0.409. The highest BCUT2D eigenvalue weighted by Crippen LogP contribution is 2.16. The van der Waals surface area contributed by atoms with Crippen LogP contribution in [-0.4, -0.2) is 23.5 Å². The van der Waals surface area contributed by atoms with Crippen molar-refractivity contribution in [1.82, 2.24) is 10.3 Å². The number of amides is 3. The molecule has 1 aromatic carbocycles. The first-order chi connectivity index (χ1) is 10.2. The Balaban J connectivity index is 1.91. The van der Waals surface area contributed by atoms with Crippen LogP contribution in [0.4, 0.5) is 15.6 Å². The van der Waals surface area contributed by atoms with Gasteiger partial charge in [0.15, 0.2) is 5.13 Å². The molecule has 1 aromatic heterocycles. The number of aromatic nitrogens is 1. The Morgan fingerprint density at radius 2 is 2.00 bits per heavy atom. The van der Waals surface area contributed by atoms with Crippen LogP contribution in [-0.2, 0) is 0 Å². The van der Waals surface area contributed by atoms with Gasteiger partial charge >= 0.3 is 6.03 Å². The molecule has 1 heterocycles. The van der Waals surface area contributed by atoms with Crippen LogP contribution in [0.3, 0.4) is 0 Å². The first-order valence-corrected chi connectivity index (χ1v) is 7.04. The van der Waals surface area contributed by atoms with Gasteiger partial charge in [0, 0.05) is 17.6 Å². The molecule has 0 bridgehead atoms. The monoisotopic (exact) mass is 302 g/mol. The summed E-state index contributed by atoms with van der Waals surface area (Å²) in [6, 6.07) is 8.64. The molecular formula is C14H14N4O2S. The second-order valence-corrected chi connectivity index (χ2v) is 4.84. The molecule has 0 fully saturated rings. The van der Waals surface area contributed by atoms with Gasteiger partial charge in [-0.3, -0.25) is 10.1 Å². The largest absolute Gasteiger partial charge is 0.347 e. The number of benzene rings is 1. The van der Waals surface area contributed by atoms with Crippen molar-refractivity contribution in [2.45, 2.75) is 0 Å². The van der Waals surface area contributed by atoms with Gasteiger partial charge in [-0.2, -0.15) is 0 Å². The number of para-hydroxylation sites is 1. The van der Waals surface area contributed by atoms with Gasteiger partial charge in [-0.15, -0.1) is 17.9 Å². The Kier molecular flexibility index (Phi) is 5.05. The van der Waals surface area contributed by atoms with E-state index >= 15 is 0 Å². The van der Waals surface area contributed by atoms with Crippen LogP contribution in [0.25, 0.3) is 0 Å². The molecule has 3 N–H and O–H groups in total. The smallest absolute Gasteiger partial charge is 0.325 e. The first-order valence-electron chi connectivity index (χ1n) is 6.16. The maximum atomic E-state index is 11.8. The predicted octanol–water partition coefficient (Wildman–Crippen LogP) is 2.70. The van der Waals surface area contributed by atoms with Gasteiger partial charge in [0.1, 0.15) is 5.69 Å². The highest BCUT2D eigenvalue weighted by atomic mass is 32.1. The second-order valence-electron chi connectivity index (χ2n) is 3.98. The van der Waals surface area contributed by atoms with Gasteiger partial charge in [0.05, 0.1) is 0 Å². The highest BCUT2D eigenvalue weighted by Gasteiger charge is 2.11. The normalized spacial score (nSPS) is 9.71. The van der Waals surface area contributed by atoms with E-state index < -0.39 is 6.03 Å². The number of thiazole rings is 1. The van der Waals surface area contributed by atoms with Gasteiger partial charge in [-0.1, -0.05) is 24.3 Å². The molecule has 3 amide bonds. The van der Waals surface area contributed by atoms with Crippen molar-refractivity contribution in [2.75, 3.05) is 17.2 Å². The zero-order chi connectivity index (χ0) is 15.1. The lowest BCUT2D eigenvalue weighted by atomic mass is 10.3. The van der Waals surface area contributed by atoms with Crippen molar-refractivity contribution in [3.63, 3.8) is 0 Å². The molecule has 0 unspecified atom stereocenters. The van der Waals surface area contributed by atoms with Gasteiger partial charge in [-0.25, -0.2) is 9.78 Å². The van der Waals surface area contributed by atoms with Gasteiger partial charge < -0.3 is 10.6 Å². The van der Waals surface area contributed by atoms with Crippen molar-refractivity contribution in [3.8, 4) is 0 Å². The quantitative estimate of drug-likeness (QED) is 0.743. The zero-order valence-electron chi connectivity index (χ0n) is 11.1. The van der Waals surface area contributed by atoms with Crippen LogP contribution >= 0.6 is 11.3 Å². The van der Waals surface area contributed by atoms with Crippen LogP contribution < -0.4 is 16.0 Å². The Morgan fingerprint density at radius 3 is 2.71 bits per heavy atom. The average molecular weight is 302 g/mol. The summed E-state index contributed by atoms with van der Waals surface area (Å²) >= 11 is 1.18. The number of hydrogen-bond donors (Lipinski definition) is 3. The van der Waals surface area contributed by atoms with Crippen LogP contribution in [0.1, 0.15) is 10.5 Å². The summed E-state index contributed by atoms with van der Waals surface area (Å²) in [5, 5.41) is 9.79. The Morgan fingerprint density at radius 1 is 1.24 bits per heavy atom. The fourth-order valence-corrected chi connectivity index (χ4v) is 2.16. The second kappa shape index (κ2) is 7.20. The van der Waals surface area contributed by atoms with E-state index in [-0.39, 0.29) is 11.6 Å². The van der Waals surface area contributed by atoms with Gasteiger partial charge in [0.2, 0.25) is 0 Å². The fraction of sp³-hybridized carbons (Fsp3) is 0.0714. The van der Waals surface area contributed by atoms with Crippen molar-refractivity contribution in [2.24, 2.45) is 0 Å². The molecule has 2 aromatic rings. The van der Waals surface area contributed by atoms with E-state index in [1.807, 2.05) is 18.2 Å². The molecule has 0 saturated heterocycles. The van der Waals surface area contributed by atoms with Crippen LogP contribution in [0.15, 0.2) is 48.4 Å². The molecular weight excluding hydrogens is 288 g/mol. The average Bonchev–Trinajstić information content (AvgIpc) is 2.94. The first kappa shape index (κ1) is 14.7. The molecule has 6 nitrogen and oxygen atoms in total. The Bertz CT molecular complexity index is 639. The number of nitrogens with zero attached hydrogens (tertiary/aromatic N) is 1. The molecule has 21 heavy (non-hydrogen) atoms. The van der Waals surface area contributed by atoms with E-state index in [9.17, 15) is 9.59 Å². The molecule has 0 aliphatic carbocycles. The number of carbonyl (C=O) groups excluding carboxylic acids is 2. The number of hydrogen-bond acceptors (Lipinski definition) is 4. The third-order valence-corrected chi connectivity index (χ3v) is 3.15. The van der Waals surface area contributed by atoms with Crippen LogP contribution in [0.2, 0.25) is 0 Å². The fourth-order valence-electron chi connectivity index (χ4n) is 1.47. The van der Waals surface area contributed by atoms with Crippen LogP contribution in [0, 0.1) is 0 Å². The van der Waals surface area contributed by atoms with E-state index in [4.69, 9.17) is 0 Å². The van der Waals surface area contributed by atoms with Gasteiger partial charge in [-0.05, 0) is 12.1 Å².